The second kappa shape index (κ2) is 8.15. The van der Waals surface area contributed by atoms with E-state index in [0.29, 0.717) is 11.3 Å². The number of hydrogen-bond donors (Lipinski definition) is 3. The quantitative estimate of drug-likeness (QED) is 0.762. The summed E-state index contributed by atoms with van der Waals surface area (Å²) in [5.74, 6) is -0.507. The minimum absolute atomic E-state index is 0.0336. The van der Waals surface area contributed by atoms with Crippen LogP contribution in [0.25, 0.3) is 0 Å². The first-order valence-corrected chi connectivity index (χ1v) is 7.97. The Bertz CT molecular complexity index is 714. The molecule has 0 aliphatic rings. The molecule has 0 heterocycles. The maximum absolute atomic E-state index is 12.1. The fraction of sp³-hybridized carbons (Fsp3) is 0.263. The third-order valence-corrected chi connectivity index (χ3v) is 3.85. The van der Waals surface area contributed by atoms with Crippen LogP contribution in [0.5, 0.6) is 0 Å². The Labute approximate surface area is 142 Å². The highest BCUT2D eigenvalue weighted by molar-refractivity contribution is 5.97. The van der Waals surface area contributed by atoms with Crippen LogP contribution in [0, 0.1) is 6.92 Å². The lowest BCUT2D eigenvalue weighted by molar-refractivity contribution is 0.0999. The molecule has 5 heteroatoms. The minimum atomic E-state index is -0.507. The van der Waals surface area contributed by atoms with E-state index in [1.54, 1.807) is 25.1 Å². The van der Waals surface area contributed by atoms with E-state index in [1.165, 1.54) is 5.56 Å². The fourth-order valence-electron chi connectivity index (χ4n) is 2.46. The molecular formula is C19H23N3O2. The van der Waals surface area contributed by atoms with Crippen molar-refractivity contribution in [1.82, 2.24) is 5.32 Å². The molecule has 24 heavy (non-hydrogen) atoms. The molecule has 0 aromatic heterocycles. The van der Waals surface area contributed by atoms with Crippen LogP contribution in [-0.2, 0) is 6.42 Å². The zero-order valence-corrected chi connectivity index (χ0v) is 14.0. The SMILES string of the molecule is Cc1ccc(NC(=O)NC(C)CCc2ccccc2)cc1C(N)=O. The molecule has 0 fully saturated rings. The molecule has 5 nitrogen and oxygen atoms in total. The number of benzene rings is 2. The average molecular weight is 325 g/mol. The van der Waals surface area contributed by atoms with Gasteiger partial charge in [-0.1, -0.05) is 36.4 Å². The highest BCUT2D eigenvalue weighted by atomic mass is 16.2. The van der Waals surface area contributed by atoms with Crippen LogP contribution >= 0.6 is 0 Å². The Hall–Kier alpha value is -2.82. The van der Waals surface area contributed by atoms with Gasteiger partial charge in [-0.2, -0.15) is 0 Å². The number of amides is 3. The smallest absolute Gasteiger partial charge is 0.319 e. The maximum Gasteiger partial charge on any atom is 0.319 e. The normalized spacial score (nSPS) is 11.6. The molecule has 126 valence electrons. The van der Waals surface area contributed by atoms with E-state index in [2.05, 4.69) is 22.8 Å². The highest BCUT2D eigenvalue weighted by Gasteiger charge is 2.10. The molecule has 0 aliphatic heterocycles. The van der Waals surface area contributed by atoms with Gasteiger partial charge in [-0.05, 0) is 49.9 Å². The third-order valence-electron chi connectivity index (χ3n) is 3.85. The van der Waals surface area contributed by atoms with Gasteiger partial charge in [-0.15, -0.1) is 0 Å². The molecule has 0 saturated heterocycles. The first-order valence-electron chi connectivity index (χ1n) is 7.97. The zero-order valence-electron chi connectivity index (χ0n) is 14.0. The summed E-state index contributed by atoms with van der Waals surface area (Å²) in [4.78, 5) is 23.4. The molecular weight excluding hydrogens is 302 g/mol. The van der Waals surface area contributed by atoms with Gasteiger partial charge in [0, 0.05) is 17.3 Å². The summed E-state index contributed by atoms with van der Waals surface area (Å²) in [5.41, 5.74) is 8.30. The van der Waals surface area contributed by atoms with Gasteiger partial charge in [0.2, 0.25) is 5.91 Å². The summed E-state index contributed by atoms with van der Waals surface area (Å²) in [5, 5.41) is 5.63. The van der Waals surface area contributed by atoms with Crippen LogP contribution in [0.1, 0.15) is 34.8 Å². The summed E-state index contributed by atoms with van der Waals surface area (Å²) in [6.45, 7) is 3.77. The van der Waals surface area contributed by atoms with Crippen molar-refractivity contribution in [3.8, 4) is 0 Å². The van der Waals surface area contributed by atoms with Gasteiger partial charge in [0.15, 0.2) is 0 Å². The van der Waals surface area contributed by atoms with Crippen LogP contribution in [-0.4, -0.2) is 18.0 Å². The number of carbonyl (C=O) groups excluding carboxylic acids is 2. The average Bonchev–Trinajstić information content (AvgIpc) is 2.55. The van der Waals surface area contributed by atoms with E-state index in [1.807, 2.05) is 25.1 Å². The number of hydrogen-bond acceptors (Lipinski definition) is 2. The number of aryl methyl sites for hydroxylation is 2. The van der Waals surface area contributed by atoms with Crippen molar-refractivity contribution in [2.75, 3.05) is 5.32 Å². The number of primary amides is 1. The molecule has 4 N–H and O–H groups in total. The van der Waals surface area contributed by atoms with Gasteiger partial charge in [0.1, 0.15) is 0 Å². The summed E-state index contributed by atoms with van der Waals surface area (Å²) in [6, 6.07) is 15.0. The van der Waals surface area contributed by atoms with Crippen molar-refractivity contribution >= 4 is 17.6 Å². The van der Waals surface area contributed by atoms with Crippen LogP contribution in [0.2, 0.25) is 0 Å². The van der Waals surface area contributed by atoms with Crippen LogP contribution < -0.4 is 16.4 Å². The fourth-order valence-corrected chi connectivity index (χ4v) is 2.46. The molecule has 1 atom stereocenters. The Morgan fingerprint density at radius 2 is 1.83 bits per heavy atom. The molecule has 0 saturated carbocycles. The molecule has 2 aromatic carbocycles. The zero-order chi connectivity index (χ0) is 17.5. The number of nitrogens with one attached hydrogen (secondary N) is 2. The van der Waals surface area contributed by atoms with E-state index >= 15 is 0 Å². The Kier molecular flexibility index (Phi) is 5.95. The van der Waals surface area contributed by atoms with E-state index in [4.69, 9.17) is 5.73 Å². The number of carbonyl (C=O) groups is 2. The Balaban J connectivity index is 1.86. The van der Waals surface area contributed by atoms with Crippen LogP contribution in [0.4, 0.5) is 10.5 Å². The summed E-state index contributed by atoms with van der Waals surface area (Å²) < 4.78 is 0. The predicted molar refractivity (Wildman–Crippen MR) is 96.1 cm³/mol. The standard InChI is InChI=1S/C19H23N3O2/c1-13-8-11-16(12-17(13)18(20)23)22-19(24)21-14(2)9-10-15-6-4-3-5-7-15/h3-8,11-12,14H,9-10H2,1-2H3,(H2,20,23)(H2,21,22,24). The number of anilines is 1. The van der Waals surface area contributed by atoms with Gasteiger partial charge in [0.25, 0.3) is 0 Å². The van der Waals surface area contributed by atoms with Crippen molar-refractivity contribution in [1.29, 1.82) is 0 Å². The molecule has 3 amide bonds. The van der Waals surface area contributed by atoms with Crippen LogP contribution in [0.3, 0.4) is 0 Å². The highest BCUT2D eigenvalue weighted by Crippen LogP contribution is 2.15. The lowest BCUT2D eigenvalue weighted by Crippen LogP contribution is -2.36. The third kappa shape index (κ3) is 5.12. The van der Waals surface area contributed by atoms with Crippen molar-refractivity contribution in [2.24, 2.45) is 5.73 Å². The maximum atomic E-state index is 12.1. The van der Waals surface area contributed by atoms with Crippen molar-refractivity contribution in [2.45, 2.75) is 32.7 Å². The molecule has 0 bridgehead atoms. The summed E-state index contributed by atoms with van der Waals surface area (Å²) >= 11 is 0. The minimum Gasteiger partial charge on any atom is -0.366 e. The van der Waals surface area contributed by atoms with Crippen molar-refractivity contribution < 1.29 is 9.59 Å². The van der Waals surface area contributed by atoms with E-state index in [-0.39, 0.29) is 12.1 Å². The molecule has 2 rings (SSSR count). The summed E-state index contributed by atoms with van der Waals surface area (Å²) in [6.07, 6.45) is 1.75. The lowest BCUT2D eigenvalue weighted by atomic mass is 10.1. The number of rotatable bonds is 6. The van der Waals surface area contributed by atoms with E-state index < -0.39 is 5.91 Å². The molecule has 2 aromatic rings. The first kappa shape index (κ1) is 17.5. The summed E-state index contributed by atoms with van der Waals surface area (Å²) in [7, 11) is 0. The molecule has 1 unspecified atom stereocenters. The predicted octanol–water partition coefficient (Wildman–Crippen LogP) is 3.24. The van der Waals surface area contributed by atoms with Gasteiger partial charge < -0.3 is 16.4 Å². The van der Waals surface area contributed by atoms with E-state index in [0.717, 1.165) is 18.4 Å². The monoisotopic (exact) mass is 325 g/mol. The molecule has 0 spiro atoms. The van der Waals surface area contributed by atoms with Crippen molar-refractivity contribution in [3.05, 3.63) is 65.2 Å². The first-order chi connectivity index (χ1) is 11.5. The van der Waals surface area contributed by atoms with Gasteiger partial charge in [-0.25, -0.2) is 4.79 Å². The van der Waals surface area contributed by atoms with Crippen molar-refractivity contribution in [3.63, 3.8) is 0 Å². The second-order valence-electron chi connectivity index (χ2n) is 5.92. The topological polar surface area (TPSA) is 84.2 Å². The van der Waals surface area contributed by atoms with E-state index in [9.17, 15) is 9.59 Å². The van der Waals surface area contributed by atoms with Gasteiger partial charge >= 0.3 is 6.03 Å². The molecule has 0 aliphatic carbocycles. The lowest BCUT2D eigenvalue weighted by Gasteiger charge is -2.15. The number of nitrogens with two attached hydrogens (primary N) is 1. The largest absolute Gasteiger partial charge is 0.366 e. The second-order valence-corrected chi connectivity index (χ2v) is 5.92. The Morgan fingerprint density at radius 1 is 1.12 bits per heavy atom. The number of urea groups is 1. The van der Waals surface area contributed by atoms with Crippen LogP contribution in [0.15, 0.2) is 48.5 Å². The van der Waals surface area contributed by atoms with Gasteiger partial charge in [0.05, 0.1) is 0 Å². The van der Waals surface area contributed by atoms with Gasteiger partial charge in [-0.3, -0.25) is 4.79 Å². The Morgan fingerprint density at radius 3 is 2.50 bits per heavy atom. The molecule has 0 radical (unpaired) electrons.